The Morgan fingerprint density at radius 3 is 2.81 bits per heavy atom. The number of carbonyl (C=O) groups is 2. The summed E-state index contributed by atoms with van der Waals surface area (Å²) in [6, 6.07) is 2.91. The molecule has 0 aliphatic carbocycles. The van der Waals surface area contributed by atoms with Gasteiger partial charge in [0.1, 0.15) is 5.76 Å². The SMILES string of the molecule is CC1(C)CC(NC(=O)NCc2ccc(C(N)=O)o2)CCO1. The van der Waals surface area contributed by atoms with E-state index < -0.39 is 5.91 Å². The third kappa shape index (κ3) is 4.49. The molecule has 1 aliphatic heterocycles. The molecule has 1 atom stereocenters. The molecule has 1 aromatic heterocycles. The van der Waals surface area contributed by atoms with E-state index in [1.807, 2.05) is 13.8 Å². The summed E-state index contributed by atoms with van der Waals surface area (Å²) in [6.45, 7) is 4.85. The van der Waals surface area contributed by atoms with E-state index in [2.05, 4.69) is 10.6 Å². The first-order valence-corrected chi connectivity index (χ1v) is 6.92. The molecule has 2 rings (SSSR count). The second kappa shape index (κ2) is 6.17. The lowest BCUT2D eigenvalue weighted by molar-refractivity contribution is -0.0611. The molecule has 0 aromatic carbocycles. The first-order valence-electron chi connectivity index (χ1n) is 6.92. The van der Waals surface area contributed by atoms with Crippen LogP contribution in [0.5, 0.6) is 0 Å². The molecule has 1 aliphatic rings. The van der Waals surface area contributed by atoms with Gasteiger partial charge in [0, 0.05) is 12.6 Å². The van der Waals surface area contributed by atoms with Gasteiger partial charge in [0.2, 0.25) is 0 Å². The summed E-state index contributed by atoms with van der Waals surface area (Å²) >= 11 is 0. The smallest absolute Gasteiger partial charge is 0.315 e. The molecule has 4 N–H and O–H groups in total. The highest BCUT2D eigenvalue weighted by atomic mass is 16.5. The monoisotopic (exact) mass is 295 g/mol. The number of furan rings is 1. The minimum Gasteiger partial charge on any atom is -0.454 e. The molecule has 1 saturated heterocycles. The van der Waals surface area contributed by atoms with Crippen molar-refractivity contribution in [2.45, 2.75) is 44.9 Å². The summed E-state index contributed by atoms with van der Waals surface area (Å²) < 4.78 is 10.8. The number of ether oxygens (including phenoxy) is 1. The van der Waals surface area contributed by atoms with E-state index in [1.54, 1.807) is 6.07 Å². The number of hydrogen-bond acceptors (Lipinski definition) is 4. The van der Waals surface area contributed by atoms with Crippen LogP contribution >= 0.6 is 0 Å². The maximum absolute atomic E-state index is 11.8. The zero-order chi connectivity index (χ0) is 15.5. The number of hydrogen-bond donors (Lipinski definition) is 3. The average Bonchev–Trinajstić information content (AvgIpc) is 2.84. The van der Waals surface area contributed by atoms with Crippen molar-refractivity contribution in [1.82, 2.24) is 10.6 Å². The highest BCUT2D eigenvalue weighted by Crippen LogP contribution is 2.23. The second-order valence-electron chi connectivity index (χ2n) is 5.76. The summed E-state index contributed by atoms with van der Waals surface area (Å²) in [5.74, 6) is -0.0696. The number of primary amides is 1. The number of nitrogens with two attached hydrogens (primary N) is 1. The molecule has 1 unspecified atom stereocenters. The Kier molecular flexibility index (Phi) is 4.52. The van der Waals surface area contributed by atoms with E-state index in [0.29, 0.717) is 12.4 Å². The van der Waals surface area contributed by atoms with E-state index in [1.165, 1.54) is 6.07 Å². The highest BCUT2D eigenvalue weighted by molar-refractivity contribution is 5.89. The van der Waals surface area contributed by atoms with Gasteiger partial charge in [0.15, 0.2) is 5.76 Å². The number of urea groups is 1. The fourth-order valence-electron chi connectivity index (χ4n) is 2.36. The number of amides is 3. The summed E-state index contributed by atoms with van der Waals surface area (Å²) in [7, 11) is 0. The largest absolute Gasteiger partial charge is 0.454 e. The van der Waals surface area contributed by atoms with Gasteiger partial charge in [0.05, 0.1) is 12.1 Å². The maximum Gasteiger partial charge on any atom is 0.315 e. The van der Waals surface area contributed by atoms with Gasteiger partial charge in [-0.3, -0.25) is 4.79 Å². The molecule has 7 nitrogen and oxygen atoms in total. The predicted octanol–water partition coefficient (Wildman–Crippen LogP) is 1.14. The molecule has 21 heavy (non-hydrogen) atoms. The van der Waals surface area contributed by atoms with E-state index >= 15 is 0 Å². The van der Waals surface area contributed by atoms with Crippen LogP contribution in [-0.4, -0.2) is 30.2 Å². The van der Waals surface area contributed by atoms with Crippen LogP contribution in [0.1, 0.15) is 43.0 Å². The van der Waals surface area contributed by atoms with Crippen molar-refractivity contribution in [3.05, 3.63) is 23.7 Å². The van der Waals surface area contributed by atoms with Gasteiger partial charge >= 0.3 is 6.03 Å². The first-order chi connectivity index (χ1) is 9.85. The molecule has 0 radical (unpaired) electrons. The van der Waals surface area contributed by atoms with Crippen molar-refractivity contribution < 1.29 is 18.7 Å². The van der Waals surface area contributed by atoms with E-state index in [9.17, 15) is 9.59 Å². The summed E-state index contributed by atoms with van der Waals surface area (Å²) in [4.78, 5) is 22.7. The van der Waals surface area contributed by atoms with Crippen LogP contribution in [0.2, 0.25) is 0 Å². The van der Waals surface area contributed by atoms with E-state index in [4.69, 9.17) is 14.9 Å². The third-order valence-electron chi connectivity index (χ3n) is 3.36. The Hall–Kier alpha value is -2.02. The van der Waals surface area contributed by atoms with Crippen LogP contribution < -0.4 is 16.4 Å². The Balaban J connectivity index is 1.78. The summed E-state index contributed by atoms with van der Waals surface area (Å²) in [5, 5.41) is 5.60. The average molecular weight is 295 g/mol. The molecule has 7 heteroatoms. The van der Waals surface area contributed by atoms with Crippen LogP contribution in [0.15, 0.2) is 16.5 Å². The minimum absolute atomic E-state index is 0.0818. The second-order valence-corrected chi connectivity index (χ2v) is 5.76. The topological polar surface area (TPSA) is 107 Å². The van der Waals surface area contributed by atoms with Crippen molar-refractivity contribution in [2.75, 3.05) is 6.61 Å². The Morgan fingerprint density at radius 2 is 2.19 bits per heavy atom. The van der Waals surface area contributed by atoms with Crippen LogP contribution in [0.25, 0.3) is 0 Å². The van der Waals surface area contributed by atoms with Gasteiger partial charge in [-0.25, -0.2) is 4.79 Å². The Bertz CT molecular complexity index is 524. The minimum atomic E-state index is -0.630. The lowest BCUT2D eigenvalue weighted by atomic mass is 9.94. The third-order valence-corrected chi connectivity index (χ3v) is 3.36. The fraction of sp³-hybridized carbons (Fsp3) is 0.571. The lowest BCUT2D eigenvalue weighted by Crippen LogP contribution is -2.48. The zero-order valence-corrected chi connectivity index (χ0v) is 12.3. The van der Waals surface area contributed by atoms with Gasteiger partial charge in [0.25, 0.3) is 5.91 Å². The number of carbonyl (C=O) groups excluding carboxylic acids is 2. The number of nitrogens with one attached hydrogen (secondary N) is 2. The standard InChI is InChI=1S/C14H21N3O4/c1-14(2)7-9(5-6-20-14)17-13(19)16-8-10-3-4-11(21-10)12(15)18/h3-4,9H,5-8H2,1-2H3,(H2,15,18)(H2,16,17,19). The molecule has 2 heterocycles. The Labute approximate surface area is 123 Å². The maximum atomic E-state index is 11.8. The predicted molar refractivity (Wildman–Crippen MR) is 75.7 cm³/mol. The van der Waals surface area contributed by atoms with Crippen LogP contribution in [-0.2, 0) is 11.3 Å². The molecule has 116 valence electrons. The van der Waals surface area contributed by atoms with Gasteiger partial charge < -0.3 is 25.5 Å². The zero-order valence-electron chi connectivity index (χ0n) is 12.3. The van der Waals surface area contributed by atoms with Crippen molar-refractivity contribution in [3.63, 3.8) is 0 Å². The molecule has 0 spiro atoms. The van der Waals surface area contributed by atoms with E-state index in [0.717, 1.165) is 12.8 Å². The Morgan fingerprint density at radius 1 is 1.43 bits per heavy atom. The molecule has 1 fully saturated rings. The molecule has 0 bridgehead atoms. The fourth-order valence-corrected chi connectivity index (χ4v) is 2.36. The van der Waals surface area contributed by atoms with Crippen molar-refractivity contribution in [1.29, 1.82) is 0 Å². The first kappa shape index (κ1) is 15.4. The van der Waals surface area contributed by atoms with Gasteiger partial charge in [-0.1, -0.05) is 0 Å². The highest BCUT2D eigenvalue weighted by Gasteiger charge is 2.29. The summed E-state index contributed by atoms with van der Waals surface area (Å²) in [6.07, 6.45) is 1.57. The van der Waals surface area contributed by atoms with Gasteiger partial charge in [-0.15, -0.1) is 0 Å². The molecule has 3 amide bonds. The van der Waals surface area contributed by atoms with Crippen molar-refractivity contribution >= 4 is 11.9 Å². The number of rotatable bonds is 4. The van der Waals surface area contributed by atoms with Gasteiger partial charge in [-0.2, -0.15) is 0 Å². The molecule has 1 aromatic rings. The normalized spacial score (nSPS) is 20.8. The van der Waals surface area contributed by atoms with E-state index in [-0.39, 0.29) is 30.0 Å². The van der Waals surface area contributed by atoms with Crippen LogP contribution in [0.4, 0.5) is 4.79 Å². The lowest BCUT2D eigenvalue weighted by Gasteiger charge is -2.35. The van der Waals surface area contributed by atoms with Crippen LogP contribution in [0, 0.1) is 0 Å². The van der Waals surface area contributed by atoms with Crippen LogP contribution in [0.3, 0.4) is 0 Å². The molecule has 0 saturated carbocycles. The van der Waals surface area contributed by atoms with Gasteiger partial charge in [-0.05, 0) is 38.8 Å². The van der Waals surface area contributed by atoms with Crippen molar-refractivity contribution in [2.24, 2.45) is 5.73 Å². The molecular formula is C14H21N3O4. The summed E-state index contributed by atoms with van der Waals surface area (Å²) in [5.41, 5.74) is 4.87. The molecular weight excluding hydrogens is 274 g/mol. The quantitative estimate of drug-likeness (QED) is 0.774. The van der Waals surface area contributed by atoms with Crippen molar-refractivity contribution in [3.8, 4) is 0 Å².